The number of benzene rings is 1. The van der Waals surface area contributed by atoms with Crippen LogP contribution in [0, 0.1) is 5.92 Å². The molecule has 1 fully saturated rings. The van der Waals surface area contributed by atoms with E-state index in [0.29, 0.717) is 24.1 Å². The summed E-state index contributed by atoms with van der Waals surface area (Å²) >= 11 is 0. The average molecular weight is 375 g/mol. The van der Waals surface area contributed by atoms with Crippen LogP contribution in [0.4, 0.5) is 0 Å². The molecule has 1 aliphatic rings. The van der Waals surface area contributed by atoms with Crippen LogP contribution in [-0.2, 0) is 14.6 Å². The molecule has 1 heterocycles. The SMILES string of the molecule is CC(C)c1ccc(-n2ccnc2S(=O)(=O)CC(=O)N(C)CC2CC2)cc1. The molecule has 0 bridgehead atoms. The molecule has 26 heavy (non-hydrogen) atoms. The molecule has 0 radical (unpaired) electrons. The fourth-order valence-corrected chi connectivity index (χ4v) is 4.23. The van der Waals surface area contributed by atoms with E-state index in [9.17, 15) is 13.2 Å². The summed E-state index contributed by atoms with van der Waals surface area (Å²) in [5.41, 5.74) is 1.89. The number of rotatable bonds is 7. The van der Waals surface area contributed by atoms with Gasteiger partial charge in [0.2, 0.25) is 20.9 Å². The summed E-state index contributed by atoms with van der Waals surface area (Å²) < 4.78 is 27.0. The van der Waals surface area contributed by atoms with Gasteiger partial charge in [0.1, 0.15) is 5.75 Å². The molecule has 0 N–H and O–H groups in total. The molecule has 140 valence electrons. The third kappa shape index (κ3) is 4.15. The van der Waals surface area contributed by atoms with Gasteiger partial charge in [-0.15, -0.1) is 0 Å². The molecule has 1 amide bonds. The highest BCUT2D eigenvalue weighted by Gasteiger charge is 2.29. The van der Waals surface area contributed by atoms with Crippen molar-refractivity contribution in [1.82, 2.24) is 14.5 Å². The Balaban J connectivity index is 1.80. The highest BCUT2D eigenvalue weighted by Crippen LogP contribution is 2.29. The topological polar surface area (TPSA) is 72.3 Å². The number of carbonyl (C=O) groups is 1. The van der Waals surface area contributed by atoms with Crippen LogP contribution in [0.5, 0.6) is 0 Å². The molecule has 3 rings (SSSR count). The number of sulfone groups is 1. The zero-order valence-corrected chi connectivity index (χ0v) is 16.2. The van der Waals surface area contributed by atoms with E-state index in [4.69, 9.17) is 0 Å². The summed E-state index contributed by atoms with van der Waals surface area (Å²) in [6.07, 6.45) is 5.28. The van der Waals surface area contributed by atoms with Crippen LogP contribution >= 0.6 is 0 Å². The van der Waals surface area contributed by atoms with Crippen LogP contribution in [0.25, 0.3) is 5.69 Å². The molecule has 1 aromatic heterocycles. The predicted molar refractivity (Wildman–Crippen MR) is 100 cm³/mol. The number of hydrogen-bond donors (Lipinski definition) is 0. The summed E-state index contributed by atoms with van der Waals surface area (Å²) in [4.78, 5) is 17.8. The Hall–Kier alpha value is -2.15. The maximum Gasteiger partial charge on any atom is 0.238 e. The first-order chi connectivity index (χ1) is 12.3. The van der Waals surface area contributed by atoms with Crippen molar-refractivity contribution >= 4 is 15.7 Å². The predicted octanol–water partition coefficient (Wildman–Crippen LogP) is 2.64. The third-order valence-corrected chi connectivity index (χ3v) is 6.18. The molecule has 2 aromatic rings. The van der Waals surface area contributed by atoms with Crippen molar-refractivity contribution in [2.45, 2.75) is 37.8 Å². The standard InChI is InChI=1S/C19H25N3O3S/c1-14(2)16-6-8-17(9-7-16)22-11-10-20-19(22)26(24,25)13-18(23)21(3)12-15-4-5-15/h6-11,14-15H,4-5,12-13H2,1-3H3. The van der Waals surface area contributed by atoms with Crippen molar-refractivity contribution in [2.75, 3.05) is 19.3 Å². The van der Waals surface area contributed by atoms with Crippen molar-refractivity contribution in [3.8, 4) is 5.69 Å². The molecule has 0 saturated heterocycles. The van der Waals surface area contributed by atoms with Crippen molar-refractivity contribution < 1.29 is 13.2 Å². The second-order valence-corrected chi connectivity index (χ2v) is 9.19. The quantitative estimate of drug-likeness (QED) is 0.746. The van der Waals surface area contributed by atoms with Crippen LogP contribution in [0.3, 0.4) is 0 Å². The zero-order valence-electron chi connectivity index (χ0n) is 15.4. The van der Waals surface area contributed by atoms with E-state index in [1.165, 1.54) is 21.2 Å². The highest BCUT2D eigenvalue weighted by atomic mass is 32.2. The van der Waals surface area contributed by atoms with Gasteiger partial charge in [-0.3, -0.25) is 9.36 Å². The van der Waals surface area contributed by atoms with Crippen molar-refractivity contribution in [2.24, 2.45) is 5.92 Å². The summed E-state index contributed by atoms with van der Waals surface area (Å²) in [6, 6.07) is 7.70. The minimum absolute atomic E-state index is 0.0945. The molecular formula is C19H25N3O3S. The van der Waals surface area contributed by atoms with Crippen molar-refractivity contribution in [1.29, 1.82) is 0 Å². The van der Waals surface area contributed by atoms with Crippen LogP contribution in [-0.4, -0.2) is 48.1 Å². The van der Waals surface area contributed by atoms with Gasteiger partial charge in [0.25, 0.3) is 0 Å². The molecular weight excluding hydrogens is 350 g/mol. The van der Waals surface area contributed by atoms with E-state index in [1.807, 2.05) is 24.3 Å². The Morgan fingerprint density at radius 3 is 2.50 bits per heavy atom. The minimum Gasteiger partial charge on any atom is -0.345 e. The fraction of sp³-hybridized carbons (Fsp3) is 0.474. The second-order valence-electron chi connectivity index (χ2n) is 7.30. The molecule has 7 heteroatoms. The second kappa shape index (κ2) is 7.23. The normalized spacial score (nSPS) is 14.6. The number of carbonyl (C=O) groups excluding carboxylic acids is 1. The number of imidazole rings is 1. The third-order valence-electron chi connectivity index (χ3n) is 4.69. The lowest BCUT2D eigenvalue weighted by molar-refractivity contribution is -0.127. The lowest BCUT2D eigenvalue weighted by Crippen LogP contribution is -2.34. The van der Waals surface area contributed by atoms with E-state index in [0.717, 1.165) is 12.8 Å². The molecule has 1 aliphatic carbocycles. The Labute approximate surface area is 154 Å². The fourth-order valence-electron chi connectivity index (χ4n) is 2.86. The van der Waals surface area contributed by atoms with Gasteiger partial charge in [0.05, 0.1) is 0 Å². The van der Waals surface area contributed by atoms with Gasteiger partial charge in [0.15, 0.2) is 0 Å². The average Bonchev–Trinajstić information content (AvgIpc) is 3.25. The van der Waals surface area contributed by atoms with Crippen LogP contribution < -0.4 is 0 Å². The molecule has 0 aliphatic heterocycles. The molecule has 1 aromatic carbocycles. The monoisotopic (exact) mass is 375 g/mol. The van der Waals surface area contributed by atoms with Gasteiger partial charge in [-0.2, -0.15) is 0 Å². The van der Waals surface area contributed by atoms with E-state index in [2.05, 4.69) is 18.8 Å². The largest absolute Gasteiger partial charge is 0.345 e. The number of nitrogens with zero attached hydrogens (tertiary/aromatic N) is 3. The van der Waals surface area contributed by atoms with E-state index in [1.54, 1.807) is 13.2 Å². The Bertz CT molecular complexity index is 881. The first-order valence-electron chi connectivity index (χ1n) is 8.88. The van der Waals surface area contributed by atoms with Gasteiger partial charge >= 0.3 is 0 Å². The van der Waals surface area contributed by atoms with Gasteiger partial charge in [-0.05, 0) is 42.4 Å². The maximum absolute atomic E-state index is 12.7. The molecule has 1 saturated carbocycles. The van der Waals surface area contributed by atoms with Crippen LogP contribution in [0.15, 0.2) is 41.8 Å². The van der Waals surface area contributed by atoms with Crippen LogP contribution in [0.2, 0.25) is 0 Å². The van der Waals surface area contributed by atoms with Gasteiger partial charge < -0.3 is 4.90 Å². The minimum atomic E-state index is -3.82. The summed E-state index contributed by atoms with van der Waals surface area (Å²) in [7, 11) is -2.16. The van der Waals surface area contributed by atoms with E-state index in [-0.39, 0.29) is 11.1 Å². The molecule has 0 atom stereocenters. The lowest BCUT2D eigenvalue weighted by Gasteiger charge is -2.17. The summed E-state index contributed by atoms with van der Waals surface area (Å²) in [5.74, 6) is -0.0264. The van der Waals surface area contributed by atoms with Gasteiger partial charge in [-0.1, -0.05) is 26.0 Å². The molecule has 0 spiro atoms. The van der Waals surface area contributed by atoms with Gasteiger partial charge in [0, 0.05) is 31.7 Å². The Morgan fingerprint density at radius 1 is 1.27 bits per heavy atom. The highest BCUT2D eigenvalue weighted by molar-refractivity contribution is 7.92. The van der Waals surface area contributed by atoms with Crippen molar-refractivity contribution in [3.63, 3.8) is 0 Å². The first kappa shape index (κ1) is 18.6. The number of aromatic nitrogens is 2. The Kier molecular flexibility index (Phi) is 5.18. The summed E-state index contributed by atoms with van der Waals surface area (Å²) in [5, 5.41) is -0.0945. The van der Waals surface area contributed by atoms with Crippen LogP contribution in [0.1, 0.15) is 38.2 Å². The molecule has 0 unspecified atom stereocenters. The lowest BCUT2D eigenvalue weighted by atomic mass is 10.0. The first-order valence-corrected chi connectivity index (χ1v) is 10.5. The van der Waals surface area contributed by atoms with Gasteiger partial charge in [-0.25, -0.2) is 13.4 Å². The zero-order chi connectivity index (χ0) is 18.9. The molecule has 6 nitrogen and oxygen atoms in total. The van der Waals surface area contributed by atoms with E-state index < -0.39 is 15.6 Å². The van der Waals surface area contributed by atoms with E-state index >= 15 is 0 Å². The number of amides is 1. The summed E-state index contributed by atoms with van der Waals surface area (Å²) in [6.45, 7) is 4.83. The van der Waals surface area contributed by atoms with Crippen molar-refractivity contribution in [3.05, 3.63) is 42.2 Å². The Morgan fingerprint density at radius 2 is 1.92 bits per heavy atom. The number of hydrogen-bond acceptors (Lipinski definition) is 4. The smallest absolute Gasteiger partial charge is 0.238 e. The maximum atomic E-state index is 12.7.